The number of carbonyl (C=O) groups excluding carboxylic acids is 1. The van der Waals surface area contributed by atoms with Gasteiger partial charge >= 0.3 is 6.03 Å². The van der Waals surface area contributed by atoms with Gasteiger partial charge in [-0.25, -0.2) is 9.78 Å². The van der Waals surface area contributed by atoms with Gasteiger partial charge in [-0.3, -0.25) is 0 Å². The third kappa shape index (κ3) is 5.76. The molecule has 1 N–H and O–H groups in total. The first kappa shape index (κ1) is 17.6. The summed E-state index contributed by atoms with van der Waals surface area (Å²) in [4.78, 5) is 18.4. The van der Waals surface area contributed by atoms with E-state index >= 15 is 0 Å². The fourth-order valence-electron chi connectivity index (χ4n) is 2.43. The third-order valence-electron chi connectivity index (χ3n) is 3.62. The molecule has 124 valence electrons. The molecule has 2 heterocycles. The van der Waals surface area contributed by atoms with E-state index in [-0.39, 0.29) is 16.7 Å². The zero-order chi connectivity index (χ0) is 16.9. The fourth-order valence-corrected chi connectivity index (χ4v) is 3.38. The zero-order valence-electron chi connectivity index (χ0n) is 14.0. The number of amides is 2. The fraction of sp³-hybridized carbons (Fsp3) is 0.588. The summed E-state index contributed by atoms with van der Waals surface area (Å²) in [6.45, 7) is 8.27. The van der Waals surface area contributed by atoms with Crippen molar-refractivity contribution in [2.24, 2.45) is 5.92 Å². The maximum Gasteiger partial charge on any atom is 0.317 e. The van der Waals surface area contributed by atoms with E-state index in [2.05, 4.69) is 37.1 Å². The summed E-state index contributed by atoms with van der Waals surface area (Å²) in [6, 6.07) is 6.18. The van der Waals surface area contributed by atoms with Crippen LogP contribution >= 0.6 is 11.8 Å². The van der Waals surface area contributed by atoms with Crippen LogP contribution in [0.25, 0.3) is 0 Å². The van der Waals surface area contributed by atoms with Crippen molar-refractivity contribution in [1.29, 1.82) is 5.26 Å². The summed E-state index contributed by atoms with van der Waals surface area (Å²) in [5.41, 5.74) is 1.05. The van der Waals surface area contributed by atoms with E-state index in [1.807, 2.05) is 12.1 Å². The maximum atomic E-state index is 12.2. The summed E-state index contributed by atoms with van der Waals surface area (Å²) in [5, 5.41) is 12.8. The van der Waals surface area contributed by atoms with Crippen molar-refractivity contribution in [1.82, 2.24) is 15.2 Å². The molecule has 2 rings (SSSR count). The molecule has 6 heteroatoms. The number of nitriles is 1. The lowest BCUT2D eigenvalue weighted by Crippen LogP contribution is -2.44. The average Bonchev–Trinajstić information content (AvgIpc) is 2.51. The van der Waals surface area contributed by atoms with Gasteiger partial charge < -0.3 is 10.2 Å². The highest BCUT2D eigenvalue weighted by molar-refractivity contribution is 8.00. The van der Waals surface area contributed by atoms with Crippen LogP contribution in [-0.4, -0.2) is 33.8 Å². The zero-order valence-corrected chi connectivity index (χ0v) is 14.8. The molecule has 1 fully saturated rings. The van der Waals surface area contributed by atoms with E-state index in [0.29, 0.717) is 19.6 Å². The van der Waals surface area contributed by atoms with E-state index in [1.54, 1.807) is 22.9 Å². The van der Waals surface area contributed by atoms with Crippen molar-refractivity contribution in [2.75, 3.05) is 13.1 Å². The second-order valence-corrected chi connectivity index (χ2v) is 8.61. The van der Waals surface area contributed by atoms with Crippen molar-refractivity contribution < 1.29 is 4.79 Å². The molecule has 0 radical (unpaired) electrons. The molecule has 1 saturated heterocycles. The van der Waals surface area contributed by atoms with E-state index in [1.165, 1.54) is 0 Å². The van der Waals surface area contributed by atoms with Gasteiger partial charge in [0.15, 0.2) is 0 Å². The van der Waals surface area contributed by atoms with E-state index < -0.39 is 0 Å². The van der Waals surface area contributed by atoms with Gasteiger partial charge in [-0.05, 0) is 30.5 Å². The highest BCUT2D eigenvalue weighted by atomic mass is 32.2. The molecule has 1 aromatic rings. The van der Waals surface area contributed by atoms with Crippen LogP contribution in [0, 0.1) is 17.2 Å². The SMILES string of the molecule is CC(C)(C)Sc1cc(CNC(=O)N2CCC(C#N)CC2)ccn1. The van der Waals surface area contributed by atoms with Gasteiger partial charge in [-0.1, -0.05) is 20.8 Å². The summed E-state index contributed by atoms with van der Waals surface area (Å²) in [5.74, 6) is 0.0937. The Bertz CT molecular complexity index is 583. The standard InChI is InChI=1S/C17H24N4OS/c1-17(2,3)23-15-10-14(4-7-19-15)12-20-16(22)21-8-5-13(11-18)6-9-21/h4,7,10,13H,5-6,8-9,12H2,1-3H3,(H,20,22). The summed E-state index contributed by atoms with van der Waals surface area (Å²) >= 11 is 1.72. The first-order chi connectivity index (χ1) is 10.9. The van der Waals surface area contributed by atoms with Crippen LogP contribution in [0.1, 0.15) is 39.2 Å². The number of pyridine rings is 1. The van der Waals surface area contributed by atoms with Gasteiger partial charge in [0.05, 0.1) is 11.1 Å². The number of aromatic nitrogens is 1. The van der Waals surface area contributed by atoms with Gasteiger partial charge in [0.1, 0.15) is 0 Å². The molecule has 0 aromatic carbocycles. The lowest BCUT2D eigenvalue weighted by atomic mass is 9.99. The number of rotatable bonds is 3. The molecule has 1 aromatic heterocycles. The number of likely N-dealkylation sites (tertiary alicyclic amines) is 1. The number of hydrogen-bond acceptors (Lipinski definition) is 4. The number of piperidine rings is 1. The minimum atomic E-state index is -0.0526. The number of carbonyl (C=O) groups is 1. The second-order valence-electron chi connectivity index (χ2n) is 6.77. The Morgan fingerprint density at radius 2 is 2.17 bits per heavy atom. The minimum absolute atomic E-state index is 0.0526. The van der Waals surface area contributed by atoms with E-state index in [4.69, 9.17) is 5.26 Å². The Balaban J connectivity index is 1.85. The van der Waals surface area contributed by atoms with E-state index in [0.717, 1.165) is 23.4 Å². The largest absolute Gasteiger partial charge is 0.334 e. The lowest BCUT2D eigenvalue weighted by Gasteiger charge is -2.29. The topological polar surface area (TPSA) is 69.0 Å². The molecular formula is C17H24N4OS. The van der Waals surface area contributed by atoms with Gasteiger partial charge in [0.2, 0.25) is 0 Å². The molecule has 0 saturated carbocycles. The Morgan fingerprint density at radius 3 is 2.78 bits per heavy atom. The minimum Gasteiger partial charge on any atom is -0.334 e. The third-order valence-corrected chi connectivity index (χ3v) is 4.66. The number of hydrogen-bond donors (Lipinski definition) is 1. The molecular weight excluding hydrogens is 308 g/mol. The quantitative estimate of drug-likeness (QED) is 0.861. The van der Waals surface area contributed by atoms with Gasteiger partial charge in [-0.2, -0.15) is 5.26 Å². The molecule has 0 bridgehead atoms. The Labute approximate surface area is 142 Å². The van der Waals surface area contributed by atoms with Gasteiger partial charge in [-0.15, -0.1) is 11.8 Å². The summed E-state index contributed by atoms with van der Waals surface area (Å²) in [6.07, 6.45) is 3.32. The number of urea groups is 1. The van der Waals surface area contributed by atoms with Crippen LogP contribution < -0.4 is 5.32 Å². The van der Waals surface area contributed by atoms with E-state index in [9.17, 15) is 4.79 Å². The Kier molecular flexibility index (Phi) is 5.89. The summed E-state index contributed by atoms with van der Waals surface area (Å²) in [7, 11) is 0. The predicted molar refractivity (Wildman–Crippen MR) is 92.0 cm³/mol. The molecule has 0 atom stereocenters. The smallest absolute Gasteiger partial charge is 0.317 e. The number of nitrogens with zero attached hydrogens (tertiary/aromatic N) is 3. The maximum absolute atomic E-state index is 12.2. The Morgan fingerprint density at radius 1 is 1.48 bits per heavy atom. The first-order valence-electron chi connectivity index (χ1n) is 7.94. The van der Waals surface area contributed by atoms with Crippen LogP contribution in [-0.2, 0) is 6.54 Å². The van der Waals surface area contributed by atoms with Crippen LogP contribution in [0.3, 0.4) is 0 Å². The lowest BCUT2D eigenvalue weighted by molar-refractivity contribution is 0.178. The number of nitrogens with one attached hydrogen (secondary N) is 1. The van der Waals surface area contributed by atoms with Crippen molar-refractivity contribution in [3.63, 3.8) is 0 Å². The highest BCUT2D eigenvalue weighted by Crippen LogP contribution is 2.30. The monoisotopic (exact) mass is 332 g/mol. The van der Waals surface area contributed by atoms with Crippen LogP contribution in [0.15, 0.2) is 23.4 Å². The molecule has 1 aliphatic heterocycles. The second kappa shape index (κ2) is 7.69. The van der Waals surface area contributed by atoms with Gasteiger partial charge in [0, 0.05) is 36.5 Å². The molecule has 5 nitrogen and oxygen atoms in total. The molecule has 23 heavy (non-hydrogen) atoms. The predicted octanol–water partition coefficient (Wildman–Crippen LogP) is 3.42. The average molecular weight is 332 g/mol. The molecule has 0 spiro atoms. The van der Waals surface area contributed by atoms with Crippen molar-refractivity contribution >= 4 is 17.8 Å². The molecule has 0 aliphatic carbocycles. The van der Waals surface area contributed by atoms with Crippen LogP contribution in [0.5, 0.6) is 0 Å². The van der Waals surface area contributed by atoms with Crippen molar-refractivity contribution in [2.45, 2.75) is 49.9 Å². The normalized spacial score (nSPS) is 16.0. The van der Waals surface area contributed by atoms with Crippen LogP contribution in [0.4, 0.5) is 4.79 Å². The van der Waals surface area contributed by atoms with Crippen molar-refractivity contribution in [3.05, 3.63) is 23.9 Å². The van der Waals surface area contributed by atoms with Crippen molar-refractivity contribution in [3.8, 4) is 6.07 Å². The first-order valence-corrected chi connectivity index (χ1v) is 8.75. The molecule has 1 aliphatic rings. The molecule has 0 unspecified atom stereocenters. The Hall–Kier alpha value is -1.74. The van der Waals surface area contributed by atoms with Gasteiger partial charge in [0.25, 0.3) is 0 Å². The van der Waals surface area contributed by atoms with Crippen LogP contribution in [0.2, 0.25) is 0 Å². The number of thioether (sulfide) groups is 1. The molecule has 2 amide bonds. The highest BCUT2D eigenvalue weighted by Gasteiger charge is 2.22. The summed E-state index contributed by atoms with van der Waals surface area (Å²) < 4.78 is 0.111.